The summed E-state index contributed by atoms with van der Waals surface area (Å²) in [6, 6.07) is 0. The van der Waals surface area contributed by atoms with Gasteiger partial charge in [-0.15, -0.1) is 0 Å². The summed E-state index contributed by atoms with van der Waals surface area (Å²) < 4.78 is 9.84. The Morgan fingerprint density at radius 1 is 1.09 bits per heavy atom. The van der Waals surface area contributed by atoms with Crippen molar-refractivity contribution in [2.24, 2.45) is 0 Å². The molecule has 2 aliphatic heterocycles. The molecule has 2 aliphatic rings. The van der Waals surface area contributed by atoms with Gasteiger partial charge < -0.3 is 24.8 Å². The second kappa shape index (κ2) is 2.40. The van der Waals surface area contributed by atoms with Crippen molar-refractivity contribution < 1.29 is 24.8 Å². The third-order valence-electron chi connectivity index (χ3n) is 2.07. The van der Waals surface area contributed by atoms with E-state index in [9.17, 15) is 10.2 Å². The molecule has 2 fully saturated rings. The van der Waals surface area contributed by atoms with Gasteiger partial charge in [-0.3, -0.25) is 0 Å². The van der Waals surface area contributed by atoms with Crippen LogP contribution in [0.5, 0.6) is 0 Å². The molecular formula is C6H10O5. The first-order valence-electron chi connectivity index (χ1n) is 3.51. The van der Waals surface area contributed by atoms with Crippen LogP contribution in [0.25, 0.3) is 0 Å². The van der Waals surface area contributed by atoms with Crippen LogP contribution in [-0.2, 0) is 9.47 Å². The zero-order valence-electron chi connectivity index (χ0n) is 5.75. The minimum absolute atomic E-state index is 0.115. The van der Waals surface area contributed by atoms with Crippen molar-refractivity contribution in [3.05, 3.63) is 0 Å². The maximum Gasteiger partial charge on any atom is 0.186 e. The highest BCUT2D eigenvalue weighted by atomic mass is 16.7. The van der Waals surface area contributed by atoms with E-state index in [1.54, 1.807) is 0 Å². The molecule has 2 rings (SSSR count). The van der Waals surface area contributed by atoms with Crippen LogP contribution < -0.4 is 0 Å². The van der Waals surface area contributed by atoms with Gasteiger partial charge in [0.05, 0.1) is 6.61 Å². The molecule has 1 unspecified atom stereocenters. The van der Waals surface area contributed by atoms with Crippen molar-refractivity contribution in [1.29, 1.82) is 0 Å². The lowest BCUT2D eigenvalue weighted by Gasteiger charge is -2.25. The molecule has 2 saturated heterocycles. The number of rotatable bonds is 0. The van der Waals surface area contributed by atoms with Crippen molar-refractivity contribution in [3.8, 4) is 0 Å². The van der Waals surface area contributed by atoms with Gasteiger partial charge in [-0.2, -0.15) is 0 Å². The van der Waals surface area contributed by atoms with Gasteiger partial charge in [0.1, 0.15) is 24.4 Å². The van der Waals surface area contributed by atoms with Crippen molar-refractivity contribution in [3.63, 3.8) is 0 Å². The number of aliphatic hydroxyl groups is 3. The molecule has 5 heteroatoms. The van der Waals surface area contributed by atoms with E-state index in [0.717, 1.165) is 0 Å². The van der Waals surface area contributed by atoms with Crippen LogP contribution in [0.2, 0.25) is 0 Å². The number of hydrogen-bond acceptors (Lipinski definition) is 5. The van der Waals surface area contributed by atoms with Gasteiger partial charge >= 0.3 is 0 Å². The molecule has 0 spiro atoms. The summed E-state index contributed by atoms with van der Waals surface area (Å²) in [4.78, 5) is 0. The second-order valence-corrected chi connectivity index (χ2v) is 2.85. The van der Waals surface area contributed by atoms with Crippen LogP contribution in [0.4, 0.5) is 0 Å². The van der Waals surface area contributed by atoms with Gasteiger partial charge in [0.25, 0.3) is 0 Å². The lowest BCUT2D eigenvalue weighted by Crippen LogP contribution is -2.41. The van der Waals surface area contributed by atoms with E-state index in [1.165, 1.54) is 0 Å². The quantitative estimate of drug-likeness (QED) is 0.377. The minimum Gasteiger partial charge on any atom is -0.388 e. The Balaban J connectivity index is 2.16. The molecule has 0 aliphatic carbocycles. The molecule has 64 valence electrons. The lowest BCUT2D eigenvalue weighted by atomic mass is 10.1. The Kier molecular flexibility index (Phi) is 1.62. The molecule has 2 heterocycles. The number of fused-ring (bicyclic) bond motifs is 2. The van der Waals surface area contributed by atoms with Gasteiger partial charge in [-0.1, -0.05) is 0 Å². The fraction of sp³-hybridized carbons (Fsp3) is 1.00. The predicted octanol–water partition coefficient (Wildman–Crippen LogP) is -2.18. The molecule has 3 N–H and O–H groups in total. The summed E-state index contributed by atoms with van der Waals surface area (Å²) in [5.41, 5.74) is 0. The fourth-order valence-electron chi connectivity index (χ4n) is 1.42. The highest BCUT2D eigenvalue weighted by Gasteiger charge is 2.50. The molecule has 2 bridgehead atoms. The third-order valence-corrected chi connectivity index (χ3v) is 2.07. The van der Waals surface area contributed by atoms with Crippen LogP contribution in [-0.4, -0.2) is 52.6 Å². The molecule has 5 atom stereocenters. The maximum absolute atomic E-state index is 9.22. The standard InChI is InChI=1S/C6H10O5/c7-2-1-10-6-4(9)3(8)5(2)11-6/h2-9H,1H2/t2-,3+,4-,5-,6?/m1/s1. The highest BCUT2D eigenvalue weighted by molar-refractivity contribution is 4.93. The van der Waals surface area contributed by atoms with E-state index >= 15 is 0 Å². The average molecular weight is 162 g/mol. The molecule has 11 heavy (non-hydrogen) atoms. The first-order chi connectivity index (χ1) is 5.20. The number of aliphatic hydroxyl groups excluding tert-OH is 3. The summed E-state index contributed by atoms with van der Waals surface area (Å²) in [7, 11) is 0. The smallest absolute Gasteiger partial charge is 0.186 e. The first-order valence-corrected chi connectivity index (χ1v) is 3.51. The zero-order valence-corrected chi connectivity index (χ0v) is 5.75. The first kappa shape index (κ1) is 7.45. The number of hydrogen-bond donors (Lipinski definition) is 3. The van der Waals surface area contributed by atoms with Crippen molar-refractivity contribution in [2.75, 3.05) is 6.61 Å². The summed E-state index contributed by atoms with van der Waals surface area (Å²) in [6.07, 6.45) is -4.35. The van der Waals surface area contributed by atoms with Crippen LogP contribution in [0.3, 0.4) is 0 Å². The monoisotopic (exact) mass is 162 g/mol. The van der Waals surface area contributed by atoms with E-state index in [0.29, 0.717) is 0 Å². The molecule has 0 aromatic rings. The Morgan fingerprint density at radius 3 is 2.45 bits per heavy atom. The largest absolute Gasteiger partial charge is 0.388 e. The molecule has 0 aromatic heterocycles. The summed E-state index contributed by atoms with van der Waals surface area (Å²) in [6.45, 7) is 0.115. The SMILES string of the molecule is O[C@@H]1[C@@H]2OC(OC[C@H]2O)[C@@H]1O. The van der Waals surface area contributed by atoms with Gasteiger partial charge in [0.15, 0.2) is 6.29 Å². The Hall–Kier alpha value is -0.200. The normalized spacial score (nSPS) is 56.5. The Labute approximate surface area is 63.2 Å². The number of ether oxygens (including phenoxy) is 2. The molecule has 0 radical (unpaired) electrons. The third kappa shape index (κ3) is 0.969. The fourth-order valence-corrected chi connectivity index (χ4v) is 1.42. The summed E-state index contributed by atoms with van der Waals surface area (Å²) >= 11 is 0. The minimum atomic E-state index is -1.03. The lowest BCUT2D eigenvalue weighted by molar-refractivity contribution is -0.233. The van der Waals surface area contributed by atoms with Crippen molar-refractivity contribution in [2.45, 2.75) is 30.7 Å². The van der Waals surface area contributed by atoms with Gasteiger partial charge in [-0.25, -0.2) is 0 Å². The summed E-state index contributed by atoms with van der Waals surface area (Å²) in [5.74, 6) is 0. The topological polar surface area (TPSA) is 79.2 Å². The Morgan fingerprint density at radius 2 is 1.82 bits per heavy atom. The average Bonchev–Trinajstić information content (AvgIpc) is 2.24. The van der Waals surface area contributed by atoms with E-state index < -0.39 is 30.7 Å². The van der Waals surface area contributed by atoms with Crippen molar-refractivity contribution in [1.82, 2.24) is 0 Å². The maximum atomic E-state index is 9.22. The van der Waals surface area contributed by atoms with Gasteiger partial charge in [-0.05, 0) is 0 Å². The molecule has 5 nitrogen and oxygen atoms in total. The van der Waals surface area contributed by atoms with Crippen LogP contribution in [0, 0.1) is 0 Å². The van der Waals surface area contributed by atoms with Gasteiger partial charge in [0.2, 0.25) is 0 Å². The van der Waals surface area contributed by atoms with E-state index in [1.807, 2.05) is 0 Å². The van der Waals surface area contributed by atoms with Gasteiger partial charge in [0, 0.05) is 0 Å². The molecule has 0 saturated carbocycles. The predicted molar refractivity (Wildman–Crippen MR) is 32.6 cm³/mol. The van der Waals surface area contributed by atoms with Crippen LogP contribution >= 0.6 is 0 Å². The van der Waals surface area contributed by atoms with Crippen LogP contribution in [0.1, 0.15) is 0 Å². The highest BCUT2D eigenvalue weighted by Crippen LogP contribution is 2.28. The molecule has 0 amide bonds. The second-order valence-electron chi connectivity index (χ2n) is 2.85. The molecule has 0 aromatic carbocycles. The van der Waals surface area contributed by atoms with E-state index in [-0.39, 0.29) is 6.61 Å². The van der Waals surface area contributed by atoms with E-state index in [2.05, 4.69) is 0 Å². The van der Waals surface area contributed by atoms with Crippen molar-refractivity contribution >= 4 is 0 Å². The Bertz CT molecular complexity index is 161. The zero-order chi connectivity index (χ0) is 8.01. The van der Waals surface area contributed by atoms with E-state index in [4.69, 9.17) is 14.6 Å². The van der Waals surface area contributed by atoms with Crippen LogP contribution in [0.15, 0.2) is 0 Å². The molecular weight excluding hydrogens is 152 g/mol. The summed E-state index contributed by atoms with van der Waals surface area (Å²) in [5, 5.41) is 27.6.